The summed E-state index contributed by atoms with van der Waals surface area (Å²) in [6.45, 7) is 45.5. The minimum Gasteiger partial charge on any atom is -0.456 e. The Bertz CT molecular complexity index is 625. The van der Waals surface area contributed by atoms with E-state index in [-0.39, 0.29) is 0 Å². The standard InChI is InChI=1S/C8H18OSi2.C6H18OSi2.C4H16O4Si4.C4H14O2Si2/c1-7-10(3,4)9-11(5,6)8-2;1-8(2,3)7-9(4,5)6;1-9-5-10(2)7-12(4)8-11(3)6-9;1-7(2)6-8(3,4)5/h7-8H,1-2H2,3-6H3;1-6H3;9-12H,1-4H3;5,7H,1-4H3. The number of hydrogen-bond acceptors (Lipinski definition) is 8. The third-order valence-electron chi connectivity index (χ3n) is 4.18. The quantitative estimate of drug-likeness (QED) is 0.319. The molecule has 1 rings (SSSR count). The van der Waals surface area contributed by atoms with Gasteiger partial charge in [0.15, 0.2) is 42.3 Å². The first-order valence-electron chi connectivity index (χ1n) is 14.2. The van der Waals surface area contributed by atoms with Crippen LogP contribution in [0.1, 0.15) is 0 Å². The summed E-state index contributed by atoms with van der Waals surface area (Å²) in [6.07, 6.45) is 0. The molecule has 0 aromatic rings. The second-order valence-electron chi connectivity index (χ2n) is 13.5. The molecule has 0 unspecified atom stereocenters. The highest BCUT2D eigenvalue weighted by molar-refractivity contribution is 6.89. The molecule has 1 saturated heterocycles. The van der Waals surface area contributed by atoms with E-state index in [1.54, 1.807) is 13.1 Å². The van der Waals surface area contributed by atoms with Crippen LogP contribution in [0.25, 0.3) is 0 Å². The zero-order chi connectivity index (χ0) is 32.8. The van der Waals surface area contributed by atoms with Crippen molar-refractivity contribution in [3.8, 4) is 0 Å². The number of hydrogen-bond donors (Lipinski definition) is 1. The van der Waals surface area contributed by atoms with Crippen LogP contribution in [-0.2, 0) is 28.8 Å². The van der Waals surface area contributed by atoms with Crippen molar-refractivity contribution in [1.29, 1.82) is 0 Å². The van der Waals surface area contributed by atoms with Gasteiger partial charge in [0, 0.05) is 0 Å². The first-order valence-corrected chi connectivity index (χ1v) is 41.0. The van der Waals surface area contributed by atoms with Crippen LogP contribution in [0.5, 0.6) is 0 Å². The summed E-state index contributed by atoms with van der Waals surface area (Å²) in [7, 11) is -14.4. The summed E-state index contributed by atoms with van der Waals surface area (Å²) >= 11 is 0. The molecule has 18 heteroatoms. The first kappa shape index (κ1) is 45.8. The van der Waals surface area contributed by atoms with Gasteiger partial charge in [0.05, 0.1) is 0 Å². The van der Waals surface area contributed by atoms with Gasteiger partial charge in [-0.15, -0.1) is 13.2 Å². The zero-order valence-corrected chi connectivity index (χ0v) is 40.0. The Morgan fingerprint density at radius 3 is 0.925 bits per heavy atom. The lowest BCUT2D eigenvalue weighted by Crippen LogP contribution is -2.44. The molecule has 8 nitrogen and oxygen atoms in total. The molecule has 0 aliphatic carbocycles. The van der Waals surface area contributed by atoms with Gasteiger partial charge in [-0.3, -0.25) is 0 Å². The molecule has 1 heterocycles. The molecule has 1 aliphatic rings. The van der Waals surface area contributed by atoms with E-state index in [1.165, 1.54) is 0 Å². The summed E-state index contributed by atoms with van der Waals surface area (Å²) in [5.74, 6) is 0. The van der Waals surface area contributed by atoms with Gasteiger partial charge in [-0.05, 0) is 118 Å². The Labute approximate surface area is 262 Å². The van der Waals surface area contributed by atoms with Gasteiger partial charge in [0.25, 0.3) is 37.1 Å². The van der Waals surface area contributed by atoms with E-state index >= 15 is 0 Å². The molecule has 0 radical (unpaired) electrons. The van der Waals surface area contributed by atoms with Gasteiger partial charge < -0.3 is 33.6 Å². The predicted molar refractivity (Wildman–Crippen MR) is 200 cm³/mol. The van der Waals surface area contributed by atoms with Crippen molar-refractivity contribution in [2.45, 2.75) is 118 Å². The van der Waals surface area contributed by atoms with E-state index in [4.69, 9.17) is 33.6 Å². The lowest BCUT2D eigenvalue weighted by Gasteiger charge is -2.29. The second kappa shape index (κ2) is 20.4. The molecule has 0 amide bonds. The summed E-state index contributed by atoms with van der Waals surface area (Å²) in [5.41, 5.74) is 3.93. The topological polar surface area (TPSA) is 84.8 Å². The van der Waals surface area contributed by atoms with Crippen molar-refractivity contribution in [3.05, 3.63) is 24.6 Å². The fourth-order valence-corrected chi connectivity index (χ4v) is 33.5. The largest absolute Gasteiger partial charge is 0.456 e. The van der Waals surface area contributed by atoms with Crippen LogP contribution >= 0.6 is 0 Å². The Kier molecular flexibility index (Phi) is 23.3. The molecule has 1 fully saturated rings. The van der Waals surface area contributed by atoms with E-state index in [1.807, 2.05) is 37.6 Å². The molecule has 0 atom stereocenters. The van der Waals surface area contributed by atoms with Crippen LogP contribution in [0, 0.1) is 0 Å². The Balaban J connectivity index is -0.000000463. The Hall–Kier alpha value is 1.33. The summed E-state index contributed by atoms with van der Waals surface area (Å²) in [5, 5.41) is 0. The highest BCUT2D eigenvalue weighted by Crippen LogP contribution is 2.15. The van der Waals surface area contributed by atoms with Crippen molar-refractivity contribution < 1.29 is 33.6 Å². The van der Waals surface area contributed by atoms with Gasteiger partial charge in [-0.2, -0.15) is 0 Å². The van der Waals surface area contributed by atoms with Crippen LogP contribution in [0.15, 0.2) is 24.6 Å². The highest BCUT2D eigenvalue weighted by atomic mass is 28.5. The van der Waals surface area contributed by atoms with Crippen molar-refractivity contribution in [1.82, 2.24) is 0 Å². The maximum atomic E-state index is 9.14. The molecule has 0 saturated carbocycles. The lowest BCUT2D eigenvalue weighted by molar-refractivity contribution is 0.295. The monoisotopic (exact) mass is 738 g/mol. The van der Waals surface area contributed by atoms with E-state index in [9.17, 15) is 0 Å². The molecule has 0 spiro atoms. The smallest absolute Gasteiger partial charge is 0.318 e. The van der Waals surface area contributed by atoms with Gasteiger partial charge in [0.2, 0.25) is 0 Å². The van der Waals surface area contributed by atoms with Crippen molar-refractivity contribution >= 4 is 88.0 Å². The minimum absolute atomic E-state index is 0.984. The van der Waals surface area contributed by atoms with Crippen LogP contribution in [-0.4, -0.2) is 92.8 Å². The maximum absolute atomic E-state index is 9.14. The van der Waals surface area contributed by atoms with Crippen LogP contribution in [0.3, 0.4) is 0 Å². The van der Waals surface area contributed by atoms with Gasteiger partial charge in [-0.1, -0.05) is 11.4 Å². The van der Waals surface area contributed by atoms with Crippen molar-refractivity contribution in [2.75, 3.05) is 0 Å². The maximum Gasteiger partial charge on any atom is 0.318 e. The Morgan fingerprint density at radius 1 is 0.575 bits per heavy atom. The average Bonchev–Trinajstić information content (AvgIpc) is 2.62. The fourth-order valence-electron chi connectivity index (χ4n) is 3.46. The summed E-state index contributed by atoms with van der Waals surface area (Å²) in [6, 6.07) is 0. The van der Waals surface area contributed by atoms with E-state index in [2.05, 4.69) is 91.7 Å². The molecule has 1 N–H and O–H groups in total. The fraction of sp³-hybridized carbons (Fsp3) is 0.818. The SMILES string of the molecule is C=C[Si](C)(C)O[Si](C)(C)C=C.C[SiH](C)O[Si](C)(C)O.C[SiH]1O[SiH](C)O[SiH](C)O[SiH](C)O1.C[Si](C)(C)O[Si](C)(C)C. The molecule has 0 aromatic carbocycles. The minimum atomic E-state index is -2.16. The third-order valence-corrected chi connectivity index (χ3v) is 31.7. The molecule has 0 aromatic heterocycles. The van der Waals surface area contributed by atoms with Crippen molar-refractivity contribution in [2.24, 2.45) is 0 Å². The zero-order valence-electron chi connectivity index (χ0n) is 29.3. The molecule has 242 valence electrons. The third kappa shape index (κ3) is 35.5. The van der Waals surface area contributed by atoms with Gasteiger partial charge >= 0.3 is 8.56 Å². The highest BCUT2D eigenvalue weighted by Gasteiger charge is 2.28. The molecular formula is C22H66O8Si10. The van der Waals surface area contributed by atoms with E-state index in [0.717, 1.165) is 0 Å². The van der Waals surface area contributed by atoms with E-state index in [0.29, 0.717) is 0 Å². The van der Waals surface area contributed by atoms with Crippen LogP contribution in [0.2, 0.25) is 118 Å². The normalized spacial score (nSPS) is 22.7. The van der Waals surface area contributed by atoms with Crippen molar-refractivity contribution in [3.63, 3.8) is 0 Å². The second-order valence-corrected chi connectivity index (χ2v) is 45.6. The first-order chi connectivity index (χ1) is 17.5. The van der Waals surface area contributed by atoms with Crippen LogP contribution < -0.4 is 0 Å². The Morgan fingerprint density at radius 2 is 0.825 bits per heavy atom. The molecular weight excluding hydrogens is 673 g/mol. The molecule has 0 bridgehead atoms. The van der Waals surface area contributed by atoms with E-state index < -0.39 is 88.0 Å². The molecule has 1 aliphatic heterocycles. The summed E-state index contributed by atoms with van der Waals surface area (Å²) in [4.78, 5) is 9.14. The predicted octanol–water partition coefficient (Wildman–Crippen LogP) is 5.68. The molecule has 40 heavy (non-hydrogen) atoms. The van der Waals surface area contributed by atoms with Crippen LogP contribution in [0.4, 0.5) is 0 Å². The van der Waals surface area contributed by atoms with Gasteiger partial charge in [-0.25, -0.2) is 0 Å². The summed E-state index contributed by atoms with van der Waals surface area (Å²) < 4.78 is 39.8. The van der Waals surface area contributed by atoms with Gasteiger partial charge in [0.1, 0.15) is 0 Å². The lowest BCUT2D eigenvalue weighted by atomic mass is 11.3. The number of rotatable bonds is 8. The average molecular weight is 740 g/mol.